The summed E-state index contributed by atoms with van der Waals surface area (Å²) in [5.41, 5.74) is 5.45. The van der Waals surface area contributed by atoms with E-state index < -0.39 is 0 Å². The second-order valence-electron chi connectivity index (χ2n) is 4.59. The van der Waals surface area contributed by atoms with Crippen LogP contribution in [-0.2, 0) is 0 Å². The van der Waals surface area contributed by atoms with Crippen molar-refractivity contribution in [3.05, 3.63) is 56.3 Å². The molecular weight excluding hydrogens is 292 g/mol. The van der Waals surface area contributed by atoms with Crippen LogP contribution in [0, 0.1) is 27.7 Å². The normalized spacial score (nSPS) is 12.8. The minimum atomic E-state index is 0.312. The molecule has 0 aliphatic rings. The first-order chi connectivity index (χ1) is 7.99. The Balaban J connectivity index is 2.46. The van der Waals surface area contributed by atoms with Gasteiger partial charge in [-0.3, -0.25) is 0 Å². The Hall–Kier alpha value is -0.600. The molecule has 17 heavy (non-hydrogen) atoms. The maximum atomic E-state index is 3.85. The summed E-state index contributed by atoms with van der Waals surface area (Å²) in [5, 5.41) is 0. The first-order valence-electron chi connectivity index (χ1n) is 5.77. The molecule has 90 valence electrons. The lowest BCUT2D eigenvalue weighted by atomic mass is 9.99. The molecule has 0 fully saturated rings. The summed E-state index contributed by atoms with van der Waals surface area (Å²) in [6.45, 7) is 8.70. The van der Waals surface area contributed by atoms with Crippen molar-refractivity contribution in [2.45, 2.75) is 32.5 Å². The van der Waals surface area contributed by atoms with Crippen LogP contribution in [0.1, 0.15) is 36.8 Å². The van der Waals surface area contributed by atoms with Gasteiger partial charge in [0.1, 0.15) is 0 Å². The van der Waals surface area contributed by atoms with Gasteiger partial charge in [0.05, 0.1) is 4.83 Å². The minimum Gasteiger partial charge on any atom is -0.146 e. The fourth-order valence-corrected chi connectivity index (χ4v) is 4.19. The zero-order valence-electron chi connectivity index (χ0n) is 10.7. The topological polar surface area (TPSA) is 0 Å². The van der Waals surface area contributed by atoms with Gasteiger partial charge in [-0.1, -0.05) is 39.7 Å². The van der Waals surface area contributed by atoms with Crippen LogP contribution >= 0.6 is 27.3 Å². The van der Waals surface area contributed by atoms with Gasteiger partial charge in [0.2, 0.25) is 0 Å². The summed E-state index contributed by atoms with van der Waals surface area (Å²) < 4.78 is 0. The third-order valence-corrected chi connectivity index (χ3v) is 5.03. The van der Waals surface area contributed by atoms with Gasteiger partial charge < -0.3 is 0 Å². The van der Waals surface area contributed by atoms with Gasteiger partial charge in [-0.25, -0.2) is 0 Å². The highest BCUT2D eigenvalue weighted by atomic mass is 79.9. The molecule has 0 radical (unpaired) electrons. The Morgan fingerprint density at radius 3 is 2.29 bits per heavy atom. The van der Waals surface area contributed by atoms with E-state index in [-0.39, 0.29) is 0 Å². The van der Waals surface area contributed by atoms with E-state index in [1.807, 2.05) is 11.3 Å². The zero-order valence-corrected chi connectivity index (χ0v) is 13.1. The van der Waals surface area contributed by atoms with Crippen molar-refractivity contribution in [2.75, 3.05) is 0 Å². The van der Waals surface area contributed by atoms with Crippen molar-refractivity contribution in [1.29, 1.82) is 0 Å². The smallest absolute Gasteiger partial charge is 0.0658 e. The van der Waals surface area contributed by atoms with Gasteiger partial charge in [0.15, 0.2) is 0 Å². The molecule has 0 spiro atoms. The predicted molar refractivity (Wildman–Crippen MR) is 80.5 cm³/mol. The van der Waals surface area contributed by atoms with E-state index in [1.165, 1.54) is 32.0 Å². The highest BCUT2D eigenvalue weighted by Gasteiger charge is 2.16. The number of rotatable bonds is 2. The Kier molecular flexibility index (Phi) is 3.74. The Morgan fingerprint density at radius 2 is 1.71 bits per heavy atom. The van der Waals surface area contributed by atoms with Gasteiger partial charge >= 0.3 is 0 Å². The lowest BCUT2D eigenvalue weighted by molar-refractivity contribution is 1.13. The van der Waals surface area contributed by atoms with E-state index in [1.54, 1.807) is 0 Å². The first-order valence-corrected chi connectivity index (χ1v) is 7.50. The molecule has 0 aliphatic heterocycles. The summed E-state index contributed by atoms with van der Waals surface area (Å²) in [6, 6.07) is 8.94. The van der Waals surface area contributed by atoms with Crippen LogP contribution in [0.15, 0.2) is 24.3 Å². The SMILES string of the molecule is Cc1ccc(C)c(C(Br)c2cc(C)sc2C)c1. The molecule has 0 amide bonds. The van der Waals surface area contributed by atoms with Gasteiger partial charge in [-0.2, -0.15) is 0 Å². The van der Waals surface area contributed by atoms with Crippen LogP contribution < -0.4 is 0 Å². The summed E-state index contributed by atoms with van der Waals surface area (Å²) >= 11 is 5.72. The fraction of sp³-hybridized carbons (Fsp3) is 0.333. The van der Waals surface area contributed by atoms with E-state index in [0.29, 0.717) is 4.83 Å². The van der Waals surface area contributed by atoms with Gasteiger partial charge in [0, 0.05) is 9.75 Å². The number of alkyl halides is 1. The molecule has 0 bridgehead atoms. The molecule has 1 heterocycles. The molecule has 0 saturated carbocycles. The largest absolute Gasteiger partial charge is 0.146 e. The average molecular weight is 309 g/mol. The van der Waals surface area contributed by atoms with Crippen molar-refractivity contribution in [3.8, 4) is 0 Å². The molecule has 1 aromatic heterocycles. The van der Waals surface area contributed by atoms with Gasteiger partial charge in [0.25, 0.3) is 0 Å². The summed E-state index contributed by atoms with van der Waals surface area (Å²) in [4.78, 5) is 3.10. The van der Waals surface area contributed by atoms with Crippen molar-refractivity contribution in [3.63, 3.8) is 0 Å². The number of hydrogen-bond acceptors (Lipinski definition) is 1. The molecule has 0 N–H and O–H groups in total. The molecule has 1 atom stereocenters. The second-order valence-corrected chi connectivity index (χ2v) is 6.97. The van der Waals surface area contributed by atoms with Crippen LogP contribution in [0.5, 0.6) is 0 Å². The summed E-state index contributed by atoms with van der Waals surface area (Å²) in [7, 11) is 0. The van der Waals surface area contributed by atoms with E-state index in [0.717, 1.165) is 0 Å². The first kappa shape index (κ1) is 12.8. The van der Waals surface area contributed by atoms with Crippen LogP contribution in [0.4, 0.5) is 0 Å². The molecule has 1 unspecified atom stereocenters. The standard InChI is InChI=1S/C15H17BrS/c1-9-5-6-10(2)13(7-9)15(16)14-8-11(3)17-12(14)4/h5-8,15H,1-4H3. The summed E-state index contributed by atoms with van der Waals surface area (Å²) in [5.74, 6) is 0. The predicted octanol–water partition coefficient (Wildman–Crippen LogP) is 5.47. The molecule has 2 rings (SSSR count). The van der Waals surface area contributed by atoms with Crippen LogP contribution in [0.25, 0.3) is 0 Å². The number of hydrogen-bond donors (Lipinski definition) is 0. The number of thiophene rings is 1. The highest BCUT2D eigenvalue weighted by Crippen LogP contribution is 2.38. The highest BCUT2D eigenvalue weighted by molar-refractivity contribution is 9.09. The third kappa shape index (κ3) is 2.63. The molecule has 1 aromatic carbocycles. The molecule has 2 aromatic rings. The minimum absolute atomic E-state index is 0.312. The van der Waals surface area contributed by atoms with Gasteiger partial charge in [-0.05, 0) is 50.5 Å². The van der Waals surface area contributed by atoms with Crippen LogP contribution in [0.2, 0.25) is 0 Å². The van der Waals surface area contributed by atoms with Crippen molar-refractivity contribution in [2.24, 2.45) is 0 Å². The quantitative estimate of drug-likeness (QED) is 0.646. The maximum Gasteiger partial charge on any atom is 0.0658 e. The number of halogens is 1. The molecule has 0 nitrogen and oxygen atoms in total. The Bertz CT molecular complexity index is 540. The second kappa shape index (κ2) is 4.95. The maximum absolute atomic E-state index is 3.85. The van der Waals surface area contributed by atoms with Crippen molar-refractivity contribution in [1.82, 2.24) is 0 Å². The van der Waals surface area contributed by atoms with E-state index >= 15 is 0 Å². The van der Waals surface area contributed by atoms with Crippen LogP contribution in [-0.4, -0.2) is 0 Å². The molecule has 0 saturated heterocycles. The molecule has 0 aliphatic carbocycles. The monoisotopic (exact) mass is 308 g/mol. The zero-order chi connectivity index (χ0) is 12.6. The van der Waals surface area contributed by atoms with Crippen LogP contribution in [0.3, 0.4) is 0 Å². The van der Waals surface area contributed by atoms with E-state index in [9.17, 15) is 0 Å². The molecular formula is C15H17BrS. The lowest BCUT2D eigenvalue weighted by Crippen LogP contribution is -1.96. The van der Waals surface area contributed by atoms with Gasteiger partial charge in [-0.15, -0.1) is 11.3 Å². The number of benzene rings is 1. The summed E-state index contributed by atoms with van der Waals surface area (Å²) in [6.07, 6.45) is 0. The number of aryl methyl sites for hydroxylation is 4. The third-order valence-electron chi connectivity index (χ3n) is 3.06. The Morgan fingerprint density at radius 1 is 1.00 bits per heavy atom. The van der Waals surface area contributed by atoms with Crippen molar-refractivity contribution >= 4 is 27.3 Å². The van der Waals surface area contributed by atoms with E-state index in [2.05, 4.69) is 67.9 Å². The lowest BCUT2D eigenvalue weighted by Gasteiger charge is -2.14. The van der Waals surface area contributed by atoms with E-state index in [4.69, 9.17) is 0 Å². The fourth-order valence-electron chi connectivity index (χ4n) is 2.10. The van der Waals surface area contributed by atoms with Crippen molar-refractivity contribution < 1.29 is 0 Å². The average Bonchev–Trinajstić information content (AvgIpc) is 2.60. The Labute approximate surface area is 116 Å². The molecule has 2 heteroatoms.